The molecule has 12 nitrogen and oxygen atoms in total. The first-order valence-corrected chi connectivity index (χ1v) is 20.9. The quantitative estimate of drug-likeness (QED) is 0.157. The van der Waals surface area contributed by atoms with Crippen molar-refractivity contribution < 1.29 is 67.6 Å². The van der Waals surface area contributed by atoms with Crippen LogP contribution in [0.1, 0.15) is 100.0 Å². The van der Waals surface area contributed by atoms with E-state index in [2.05, 4.69) is 14.4 Å². The smallest absolute Gasteiger partial charge is 0.427 e. The standard InChI is InChI=1S/C41H51F4N3O9S/c1-6-24-15-23(2)9-7-8-10-26-20-40(26,38(52)47-58(53,54)28-11-12-28)21-33(49)32-17-27(56-36-29-18-31(42)34(55-5)16-25(29)13-14-46-36)22-48(32)37(51)30(24)19-35(50)57-39(3,4)41(43,44)45/h8,10,13-14,16,18,23-24,26-28,30,32H,6-7,9,11-12,15,17,19-22H2,1-5H3,(H,47,52)/b10-8-/t23-,24+,26+,27+,30-,32-,40+/m0/s1/i3D3,4D3. The Morgan fingerprint density at radius 2 is 1.88 bits per heavy atom. The molecular formula is C41H51F4N3O9S. The fourth-order valence-corrected chi connectivity index (χ4v) is 9.63. The molecule has 0 bridgehead atoms. The summed E-state index contributed by atoms with van der Waals surface area (Å²) in [5.41, 5.74) is -6.49. The van der Waals surface area contributed by atoms with Gasteiger partial charge < -0.3 is 19.1 Å². The van der Waals surface area contributed by atoms with E-state index in [1.165, 1.54) is 19.4 Å². The van der Waals surface area contributed by atoms with Crippen molar-refractivity contribution in [1.82, 2.24) is 14.6 Å². The van der Waals surface area contributed by atoms with Crippen molar-refractivity contribution in [3.8, 4) is 11.6 Å². The lowest BCUT2D eigenvalue weighted by atomic mass is 9.79. The molecule has 1 saturated heterocycles. The number of sulfonamides is 1. The molecule has 0 unspecified atom stereocenters. The number of Topliss-reactive ketones (excluding diaryl/α,β-unsaturated/α-hetero) is 1. The highest BCUT2D eigenvalue weighted by Crippen LogP contribution is 2.57. The number of halogens is 4. The minimum Gasteiger partial charge on any atom is -0.494 e. The van der Waals surface area contributed by atoms with E-state index in [4.69, 9.17) is 17.7 Å². The molecule has 3 fully saturated rings. The summed E-state index contributed by atoms with van der Waals surface area (Å²) < 4.78 is 148. The summed E-state index contributed by atoms with van der Waals surface area (Å²) >= 11 is 0. The topological polar surface area (TPSA) is 158 Å². The van der Waals surface area contributed by atoms with Crippen molar-refractivity contribution in [3.63, 3.8) is 0 Å². The number of carbonyl (C=O) groups is 4. The predicted molar refractivity (Wildman–Crippen MR) is 203 cm³/mol. The number of pyridine rings is 1. The molecular weight excluding hydrogens is 787 g/mol. The molecule has 1 N–H and O–H groups in total. The van der Waals surface area contributed by atoms with Crippen LogP contribution < -0.4 is 14.2 Å². The zero-order valence-electron chi connectivity index (χ0n) is 38.3. The van der Waals surface area contributed by atoms with Crippen LogP contribution in [0, 0.1) is 34.9 Å². The van der Waals surface area contributed by atoms with Gasteiger partial charge in [-0.1, -0.05) is 32.4 Å². The summed E-state index contributed by atoms with van der Waals surface area (Å²) in [5, 5.41) is -0.109. The summed E-state index contributed by atoms with van der Waals surface area (Å²) in [4.78, 5) is 62.7. The summed E-state index contributed by atoms with van der Waals surface area (Å²) in [6.45, 7) is -5.78. The SMILES string of the molecule is [2H]C([2H])([2H])C(OC(=O)C[C@@H]1C(=O)N2C[C@H](Oc3nccc4cc(OC)c(F)cc34)C[C@H]2C(=O)C[C@]2(C(=O)NS(=O)(=O)C3CC3)C[C@H]2/C=C\CC[C@H](C)C[C@H]1CC)(C([2H])([2H])[2H])C(F)(F)F. The normalized spacial score (nSPS) is 31.1. The molecule has 2 amide bonds. The number of rotatable bonds is 10. The third-order valence-electron chi connectivity index (χ3n) is 11.8. The van der Waals surface area contributed by atoms with Gasteiger partial charge in [0.2, 0.25) is 33.3 Å². The molecule has 0 spiro atoms. The van der Waals surface area contributed by atoms with Crippen LogP contribution in [0.15, 0.2) is 36.5 Å². The van der Waals surface area contributed by atoms with Crippen molar-refractivity contribution in [2.24, 2.45) is 29.1 Å². The molecule has 6 rings (SSSR count). The lowest BCUT2D eigenvalue weighted by Crippen LogP contribution is -2.48. The molecule has 1 aromatic heterocycles. The molecule has 3 heterocycles. The van der Waals surface area contributed by atoms with E-state index in [0.717, 1.165) is 11.0 Å². The van der Waals surface area contributed by atoms with Gasteiger partial charge in [0.25, 0.3) is 0 Å². The molecule has 318 valence electrons. The van der Waals surface area contributed by atoms with E-state index in [9.17, 15) is 40.4 Å². The van der Waals surface area contributed by atoms with Gasteiger partial charge in [-0.15, -0.1) is 0 Å². The number of carbonyl (C=O) groups excluding carboxylic acids is 4. The number of hydrogen-bond donors (Lipinski definition) is 1. The Morgan fingerprint density at radius 3 is 2.53 bits per heavy atom. The maximum absolute atomic E-state index is 15.1. The Hall–Kier alpha value is -4.28. The lowest BCUT2D eigenvalue weighted by Gasteiger charge is -2.34. The Labute approximate surface area is 343 Å². The summed E-state index contributed by atoms with van der Waals surface area (Å²) in [7, 11) is -2.77. The lowest BCUT2D eigenvalue weighted by molar-refractivity contribution is -0.257. The Balaban J connectivity index is 1.41. The molecule has 58 heavy (non-hydrogen) atoms. The van der Waals surface area contributed by atoms with Gasteiger partial charge in [-0.05, 0) is 93.6 Å². The van der Waals surface area contributed by atoms with Crippen molar-refractivity contribution in [3.05, 3.63) is 42.4 Å². The number of ketones is 1. The van der Waals surface area contributed by atoms with E-state index in [-0.39, 0.29) is 48.6 Å². The van der Waals surface area contributed by atoms with Crippen molar-refractivity contribution in [2.75, 3.05) is 13.7 Å². The van der Waals surface area contributed by atoms with Crippen LogP contribution in [0.2, 0.25) is 0 Å². The van der Waals surface area contributed by atoms with Crippen LogP contribution in [-0.2, 0) is 33.9 Å². The Kier molecular flexibility index (Phi) is 10.1. The van der Waals surface area contributed by atoms with E-state index in [1.54, 1.807) is 25.1 Å². The summed E-state index contributed by atoms with van der Waals surface area (Å²) in [5.74, 6) is -8.55. The van der Waals surface area contributed by atoms with E-state index in [1.807, 2.05) is 6.92 Å². The van der Waals surface area contributed by atoms with Gasteiger partial charge in [0, 0.05) is 32.6 Å². The van der Waals surface area contributed by atoms with E-state index >= 15 is 4.79 Å². The second kappa shape index (κ2) is 16.4. The Bertz CT molecular complexity index is 2260. The third kappa shape index (κ3) is 9.13. The van der Waals surface area contributed by atoms with Crippen LogP contribution in [0.25, 0.3) is 10.8 Å². The number of ether oxygens (including phenoxy) is 3. The number of amides is 2. The Morgan fingerprint density at radius 1 is 1.14 bits per heavy atom. The average molecular weight is 844 g/mol. The van der Waals surface area contributed by atoms with Gasteiger partial charge in [0.15, 0.2) is 17.3 Å². The number of aromatic nitrogens is 1. The minimum atomic E-state index is -6.13. The number of alkyl halides is 3. The van der Waals surface area contributed by atoms with Gasteiger partial charge in [0.1, 0.15) is 6.10 Å². The fourth-order valence-electron chi connectivity index (χ4n) is 8.25. The van der Waals surface area contributed by atoms with Crippen LogP contribution in [0.5, 0.6) is 11.6 Å². The van der Waals surface area contributed by atoms with Crippen LogP contribution >= 0.6 is 0 Å². The van der Waals surface area contributed by atoms with Gasteiger partial charge >= 0.3 is 12.1 Å². The van der Waals surface area contributed by atoms with E-state index < -0.39 is 125 Å². The highest BCUT2D eigenvalue weighted by atomic mass is 32.2. The summed E-state index contributed by atoms with van der Waals surface area (Å²) in [6, 6.07) is 2.65. The van der Waals surface area contributed by atoms with Crippen molar-refractivity contribution >= 4 is 44.4 Å². The van der Waals surface area contributed by atoms with Crippen molar-refractivity contribution in [1.29, 1.82) is 0 Å². The molecule has 17 heteroatoms. The molecule has 2 saturated carbocycles. The molecule has 2 aliphatic carbocycles. The van der Waals surface area contributed by atoms with E-state index in [0.29, 0.717) is 31.1 Å². The number of fused-ring (bicyclic) bond motifs is 3. The minimum absolute atomic E-state index is 0.0710. The third-order valence-corrected chi connectivity index (χ3v) is 13.7. The molecule has 0 radical (unpaired) electrons. The largest absolute Gasteiger partial charge is 0.494 e. The maximum Gasteiger partial charge on any atom is 0.427 e. The van der Waals surface area contributed by atoms with Crippen molar-refractivity contribution in [2.45, 2.75) is 121 Å². The first-order chi connectivity index (χ1) is 29.7. The van der Waals surface area contributed by atoms with Crippen LogP contribution in [-0.4, -0.2) is 84.7 Å². The second-order valence-electron chi connectivity index (χ2n) is 16.1. The second-order valence-corrected chi connectivity index (χ2v) is 18.0. The average Bonchev–Trinajstić information content (AvgIpc) is 4.12. The molecule has 1 aromatic carbocycles. The van der Waals surface area contributed by atoms with Crippen LogP contribution in [0.3, 0.4) is 0 Å². The predicted octanol–water partition coefficient (Wildman–Crippen LogP) is 6.60. The van der Waals surface area contributed by atoms with Gasteiger partial charge in [-0.3, -0.25) is 23.9 Å². The number of nitrogens with zero attached hydrogens (tertiary/aromatic N) is 2. The number of nitrogens with one attached hydrogen (secondary N) is 1. The van der Waals surface area contributed by atoms with Gasteiger partial charge in [-0.2, -0.15) is 13.2 Å². The van der Waals surface area contributed by atoms with Crippen LogP contribution in [0.4, 0.5) is 17.6 Å². The fraction of sp³-hybridized carbons (Fsp3) is 0.634. The number of benzene rings is 1. The molecule has 2 aliphatic heterocycles. The number of allylic oxidation sites excluding steroid dienone is 2. The number of esters is 1. The first kappa shape index (κ1) is 35.6. The zero-order valence-corrected chi connectivity index (χ0v) is 33.1. The molecule has 2 aromatic rings. The highest BCUT2D eigenvalue weighted by Gasteiger charge is 2.62. The van der Waals surface area contributed by atoms with Gasteiger partial charge in [0.05, 0.1) is 42.7 Å². The number of methoxy groups -OCH3 is 1. The molecule has 7 atom stereocenters. The van der Waals surface area contributed by atoms with Gasteiger partial charge in [-0.25, -0.2) is 17.8 Å². The zero-order chi connectivity index (χ0) is 47.4. The summed E-state index contributed by atoms with van der Waals surface area (Å²) in [6.07, 6.45) is -2.19. The first-order valence-electron chi connectivity index (χ1n) is 22.3. The maximum atomic E-state index is 15.1. The monoisotopic (exact) mass is 843 g/mol. The molecule has 4 aliphatic rings. The number of hydrogen-bond acceptors (Lipinski definition) is 10. The highest BCUT2D eigenvalue weighted by molar-refractivity contribution is 7.90.